The Balaban J connectivity index is 1.79. The molecular formula is C17H22O. The Labute approximate surface area is 110 Å². The molecule has 96 valence electrons. The van der Waals surface area contributed by atoms with Crippen LogP contribution in [0.5, 0.6) is 0 Å². The fraction of sp³-hybridized carbons (Fsp3) is 0.588. The molecule has 0 N–H and O–H groups in total. The molecule has 0 aliphatic heterocycles. The Bertz CT molecular complexity index is 410. The molecule has 3 rings (SSSR count). The molecule has 0 unspecified atom stereocenters. The number of hydrogen-bond acceptors (Lipinski definition) is 1. The van der Waals surface area contributed by atoms with Crippen molar-refractivity contribution in [1.82, 2.24) is 0 Å². The highest BCUT2D eigenvalue weighted by atomic mass is 16.1. The lowest BCUT2D eigenvalue weighted by atomic mass is 9.74. The molecule has 0 amide bonds. The van der Waals surface area contributed by atoms with Gasteiger partial charge in [0.2, 0.25) is 0 Å². The molecule has 2 fully saturated rings. The number of hydrogen-bond donors (Lipinski definition) is 0. The zero-order chi connectivity index (χ0) is 12.4. The van der Waals surface area contributed by atoms with Crippen molar-refractivity contribution in [3.63, 3.8) is 0 Å². The highest BCUT2D eigenvalue weighted by Crippen LogP contribution is 2.44. The van der Waals surface area contributed by atoms with Crippen LogP contribution in [0.25, 0.3) is 0 Å². The standard InChI is InChI=1S/C17H22O/c18-16(11-10-14-8-9-14)17(12-4-5-13-17)15-6-2-1-3-7-15/h1-3,6-7,14H,4-5,8-13H2. The van der Waals surface area contributed by atoms with Crippen molar-refractivity contribution < 1.29 is 4.79 Å². The van der Waals surface area contributed by atoms with Gasteiger partial charge in [-0.1, -0.05) is 56.0 Å². The summed E-state index contributed by atoms with van der Waals surface area (Å²) in [5.74, 6) is 1.38. The van der Waals surface area contributed by atoms with Gasteiger partial charge in [0.15, 0.2) is 0 Å². The summed E-state index contributed by atoms with van der Waals surface area (Å²) in [6.07, 6.45) is 9.21. The van der Waals surface area contributed by atoms with Gasteiger partial charge in [-0.15, -0.1) is 0 Å². The minimum absolute atomic E-state index is 0.129. The third kappa shape index (κ3) is 2.23. The summed E-state index contributed by atoms with van der Waals surface area (Å²) in [7, 11) is 0. The summed E-state index contributed by atoms with van der Waals surface area (Å²) < 4.78 is 0. The van der Waals surface area contributed by atoms with Gasteiger partial charge in [-0.05, 0) is 30.7 Å². The van der Waals surface area contributed by atoms with E-state index in [0.717, 1.165) is 31.6 Å². The zero-order valence-electron chi connectivity index (χ0n) is 11.0. The van der Waals surface area contributed by atoms with E-state index in [2.05, 4.69) is 24.3 Å². The average Bonchev–Trinajstić information content (AvgIpc) is 3.11. The van der Waals surface area contributed by atoms with Gasteiger partial charge in [-0.3, -0.25) is 4.79 Å². The second-order valence-electron chi connectivity index (χ2n) is 6.06. The first-order valence-corrected chi connectivity index (χ1v) is 7.40. The Morgan fingerprint density at radius 1 is 1.11 bits per heavy atom. The van der Waals surface area contributed by atoms with E-state index in [4.69, 9.17) is 0 Å². The quantitative estimate of drug-likeness (QED) is 0.754. The predicted molar refractivity (Wildman–Crippen MR) is 73.6 cm³/mol. The minimum atomic E-state index is -0.129. The molecule has 0 aromatic heterocycles. The van der Waals surface area contributed by atoms with E-state index in [-0.39, 0.29) is 5.41 Å². The van der Waals surface area contributed by atoms with Gasteiger partial charge in [0.1, 0.15) is 5.78 Å². The van der Waals surface area contributed by atoms with Crippen LogP contribution in [0.4, 0.5) is 0 Å². The van der Waals surface area contributed by atoms with Crippen molar-refractivity contribution in [3.05, 3.63) is 35.9 Å². The third-order valence-corrected chi connectivity index (χ3v) is 4.79. The predicted octanol–water partition coefficient (Wildman–Crippen LogP) is 4.26. The van der Waals surface area contributed by atoms with E-state index in [1.54, 1.807) is 0 Å². The Kier molecular flexibility index (Phi) is 3.23. The van der Waals surface area contributed by atoms with E-state index in [1.807, 2.05) is 6.07 Å². The van der Waals surface area contributed by atoms with Gasteiger partial charge < -0.3 is 0 Å². The van der Waals surface area contributed by atoms with Gasteiger partial charge in [0, 0.05) is 6.42 Å². The number of ketones is 1. The molecule has 0 saturated heterocycles. The smallest absolute Gasteiger partial charge is 0.143 e. The van der Waals surface area contributed by atoms with Crippen LogP contribution in [0, 0.1) is 5.92 Å². The lowest BCUT2D eigenvalue weighted by Crippen LogP contribution is -2.32. The van der Waals surface area contributed by atoms with E-state index >= 15 is 0 Å². The van der Waals surface area contributed by atoms with Crippen molar-refractivity contribution in [1.29, 1.82) is 0 Å². The molecule has 0 spiro atoms. The maximum Gasteiger partial charge on any atom is 0.143 e. The SMILES string of the molecule is O=C(CCC1CC1)C1(c2ccccc2)CCCC1. The molecule has 0 bridgehead atoms. The first kappa shape index (κ1) is 12.0. The lowest BCUT2D eigenvalue weighted by molar-refractivity contribution is -0.124. The van der Waals surface area contributed by atoms with Crippen LogP contribution in [0.1, 0.15) is 56.9 Å². The molecule has 2 aliphatic carbocycles. The average molecular weight is 242 g/mol. The fourth-order valence-electron chi connectivity index (χ4n) is 3.45. The van der Waals surface area contributed by atoms with Crippen molar-refractivity contribution in [2.24, 2.45) is 5.92 Å². The van der Waals surface area contributed by atoms with E-state index in [9.17, 15) is 4.79 Å². The number of carbonyl (C=O) groups excluding carboxylic acids is 1. The van der Waals surface area contributed by atoms with Crippen molar-refractivity contribution in [2.75, 3.05) is 0 Å². The first-order valence-electron chi connectivity index (χ1n) is 7.40. The highest BCUT2D eigenvalue weighted by Gasteiger charge is 2.42. The summed E-state index contributed by atoms with van der Waals surface area (Å²) in [4.78, 5) is 12.7. The van der Waals surface area contributed by atoms with E-state index in [1.165, 1.54) is 31.2 Å². The molecule has 2 saturated carbocycles. The second kappa shape index (κ2) is 4.87. The summed E-state index contributed by atoms with van der Waals surface area (Å²) in [5.41, 5.74) is 1.14. The molecule has 0 heterocycles. The number of Topliss-reactive ketones (excluding diaryl/α,β-unsaturated/α-hetero) is 1. The minimum Gasteiger partial charge on any atom is -0.299 e. The Hall–Kier alpha value is -1.11. The normalized spacial score (nSPS) is 22.0. The van der Waals surface area contributed by atoms with Crippen LogP contribution in [0.3, 0.4) is 0 Å². The van der Waals surface area contributed by atoms with E-state index < -0.39 is 0 Å². The van der Waals surface area contributed by atoms with Crippen molar-refractivity contribution in [2.45, 2.75) is 56.8 Å². The molecule has 0 radical (unpaired) electrons. The molecule has 1 heteroatoms. The molecule has 2 aliphatic rings. The van der Waals surface area contributed by atoms with Gasteiger partial charge in [-0.2, -0.15) is 0 Å². The molecule has 1 nitrogen and oxygen atoms in total. The maximum atomic E-state index is 12.7. The molecule has 1 aromatic rings. The molecule has 1 aromatic carbocycles. The Morgan fingerprint density at radius 2 is 1.78 bits per heavy atom. The van der Waals surface area contributed by atoms with Crippen molar-refractivity contribution in [3.8, 4) is 0 Å². The summed E-state index contributed by atoms with van der Waals surface area (Å²) in [6, 6.07) is 10.5. The second-order valence-corrected chi connectivity index (χ2v) is 6.06. The zero-order valence-corrected chi connectivity index (χ0v) is 11.0. The maximum absolute atomic E-state index is 12.7. The number of benzene rings is 1. The topological polar surface area (TPSA) is 17.1 Å². The van der Waals surface area contributed by atoms with E-state index in [0.29, 0.717) is 5.78 Å². The summed E-state index contributed by atoms with van der Waals surface area (Å²) >= 11 is 0. The van der Waals surface area contributed by atoms with Crippen LogP contribution in [0.2, 0.25) is 0 Å². The Morgan fingerprint density at radius 3 is 2.39 bits per heavy atom. The van der Waals surface area contributed by atoms with Gasteiger partial charge in [-0.25, -0.2) is 0 Å². The highest BCUT2D eigenvalue weighted by molar-refractivity contribution is 5.90. The first-order chi connectivity index (χ1) is 8.81. The van der Waals surface area contributed by atoms with Crippen molar-refractivity contribution >= 4 is 5.78 Å². The van der Waals surface area contributed by atoms with Crippen LogP contribution in [-0.4, -0.2) is 5.78 Å². The summed E-state index contributed by atoms with van der Waals surface area (Å²) in [5, 5.41) is 0. The van der Waals surface area contributed by atoms with Gasteiger partial charge in [0.05, 0.1) is 5.41 Å². The monoisotopic (exact) mass is 242 g/mol. The largest absolute Gasteiger partial charge is 0.299 e. The third-order valence-electron chi connectivity index (χ3n) is 4.79. The number of rotatable bonds is 5. The van der Waals surface area contributed by atoms with Crippen LogP contribution < -0.4 is 0 Å². The van der Waals surface area contributed by atoms with Gasteiger partial charge >= 0.3 is 0 Å². The molecular weight excluding hydrogens is 220 g/mol. The molecule has 18 heavy (non-hydrogen) atoms. The van der Waals surface area contributed by atoms with Crippen LogP contribution in [-0.2, 0) is 10.2 Å². The summed E-state index contributed by atoms with van der Waals surface area (Å²) in [6.45, 7) is 0. The molecule has 0 atom stereocenters. The number of carbonyl (C=O) groups is 1. The fourth-order valence-corrected chi connectivity index (χ4v) is 3.45. The van der Waals surface area contributed by atoms with Crippen LogP contribution >= 0.6 is 0 Å². The van der Waals surface area contributed by atoms with Crippen LogP contribution in [0.15, 0.2) is 30.3 Å². The lowest BCUT2D eigenvalue weighted by Gasteiger charge is -2.28. The van der Waals surface area contributed by atoms with Gasteiger partial charge in [0.25, 0.3) is 0 Å².